The Morgan fingerprint density at radius 2 is 0.655 bits per heavy atom. The summed E-state index contributed by atoms with van der Waals surface area (Å²) in [5, 5.41) is 9.17. The van der Waals surface area contributed by atoms with Crippen molar-refractivity contribution in [2.75, 3.05) is 39.5 Å². The maximum atomic E-state index is 13.0. The topological polar surface area (TPSA) is 76.1 Å². The Bertz CT molecular complexity index is 791. The van der Waals surface area contributed by atoms with Crippen LogP contribution >= 0.6 is 0 Å². The summed E-state index contributed by atoms with van der Waals surface area (Å²) in [5.74, 6) is 0.307. The molecule has 2 unspecified atom stereocenters. The number of unbranched alkanes of at least 4 members (excludes halogenated alkanes) is 24. The SMILES string of the molecule is CCCCCCCCC(CCCCCC)C(=O)OCCCCCCN(CCCCCCO)CCCCCCOC(=O)C(CCCCCC)CCCCCCC. The summed E-state index contributed by atoms with van der Waals surface area (Å²) < 4.78 is 11.7. The predicted molar refractivity (Wildman–Crippen MR) is 237 cm³/mol. The van der Waals surface area contributed by atoms with E-state index in [4.69, 9.17) is 14.6 Å². The van der Waals surface area contributed by atoms with Gasteiger partial charge in [0.1, 0.15) is 0 Å². The van der Waals surface area contributed by atoms with Gasteiger partial charge < -0.3 is 19.5 Å². The summed E-state index contributed by atoms with van der Waals surface area (Å²) >= 11 is 0. The Kier molecular flexibility index (Phi) is 43.1. The number of aliphatic hydroxyl groups excluding tert-OH is 1. The molecule has 328 valence electrons. The van der Waals surface area contributed by atoms with Crippen molar-refractivity contribution in [2.45, 2.75) is 252 Å². The van der Waals surface area contributed by atoms with Crippen LogP contribution in [-0.4, -0.2) is 61.4 Å². The number of hydrogen-bond acceptors (Lipinski definition) is 6. The summed E-state index contributed by atoms with van der Waals surface area (Å²) in [4.78, 5) is 28.6. The molecule has 0 aromatic rings. The number of rotatable bonds is 45. The van der Waals surface area contributed by atoms with Crippen LogP contribution in [0, 0.1) is 11.8 Å². The predicted octanol–water partition coefficient (Wildman–Crippen LogP) is 14.3. The normalized spacial score (nSPS) is 12.7. The molecule has 0 radical (unpaired) electrons. The highest BCUT2D eigenvalue weighted by Gasteiger charge is 2.20. The maximum Gasteiger partial charge on any atom is 0.308 e. The van der Waals surface area contributed by atoms with E-state index in [0.717, 1.165) is 110 Å². The zero-order valence-electron chi connectivity index (χ0n) is 37.7. The minimum atomic E-state index is 0.0584. The fraction of sp³-hybridized carbons (Fsp3) is 0.959. The molecule has 0 spiro atoms. The van der Waals surface area contributed by atoms with Gasteiger partial charge in [-0.3, -0.25) is 9.59 Å². The average Bonchev–Trinajstić information content (AvgIpc) is 3.19. The Labute approximate surface area is 343 Å². The molecule has 0 aliphatic heterocycles. The smallest absolute Gasteiger partial charge is 0.308 e. The molecular weight excluding hydrogens is 683 g/mol. The molecule has 0 heterocycles. The Morgan fingerprint density at radius 1 is 0.382 bits per heavy atom. The van der Waals surface area contributed by atoms with E-state index in [0.29, 0.717) is 19.8 Å². The third-order valence-electron chi connectivity index (χ3n) is 11.6. The van der Waals surface area contributed by atoms with Gasteiger partial charge in [0.05, 0.1) is 25.0 Å². The lowest BCUT2D eigenvalue weighted by Crippen LogP contribution is -2.27. The minimum absolute atomic E-state index is 0.0584. The van der Waals surface area contributed by atoms with E-state index < -0.39 is 0 Å². The van der Waals surface area contributed by atoms with E-state index in [1.54, 1.807) is 0 Å². The van der Waals surface area contributed by atoms with E-state index >= 15 is 0 Å². The molecule has 0 aromatic heterocycles. The molecule has 0 rings (SSSR count). The Morgan fingerprint density at radius 3 is 1.00 bits per heavy atom. The summed E-state index contributed by atoms with van der Waals surface area (Å²) in [7, 11) is 0. The minimum Gasteiger partial charge on any atom is -0.465 e. The average molecular weight is 780 g/mol. The lowest BCUT2D eigenvalue weighted by molar-refractivity contribution is -0.150. The van der Waals surface area contributed by atoms with Crippen LogP contribution in [0.3, 0.4) is 0 Å². The quantitative estimate of drug-likeness (QED) is 0.0490. The van der Waals surface area contributed by atoms with Gasteiger partial charge in [-0.1, -0.05) is 188 Å². The number of carbonyl (C=O) groups excluding carboxylic acids is 2. The molecule has 0 saturated heterocycles. The molecule has 0 aliphatic carbocycles. The molecular formula is C49H97NO5. The van der Waals surface area contributed by atoms with E-state index in [-0.39, 0.29) is 23.8 Å². The highest BCUT2D eigenvalue weighted by Crippen LogP contribution is 2.22. The number of aliphatic hydroxyl groups is 1. The molecule has 55 heavy (non-hydrogen) atoms. The first-order valence-electron chi connectivity index (χ1n) is 24.7. The first kappa shape index (κ1) is 53.9. The van der Waals surface area contributed by atoms with Crippen molar-refractivity contribution in [1.29, 1.82) is 0 Å². The fourth-order valence-electron chi connectivity index (χ4n) is 7.86. The number of nitrogens with zero attached hydrogens (tertiary/aromatic N) is 1. The van der Waals surface area contributed by atoms with Crippen molar-refractivity contribution in [3.05, 3.63) is 0 Å². The van der Waals surface area contributed by atoms with Crippen LogP contribution < -0.4 is 0 Å². The van der Waals surface area contributed by atoms with Gasteiger partial charge in [0.15, 0.2) is 0 Å². The van der Waals surface area contributed by atoms with Crippen LogP contribution in [0.25, 0.3) is 0 Å². The Balaban J connectivity index is 4.47. The number of esters is 2. The highest BCUT2D eigenvalue weighted by molar-refractivity contribution is 5.72. The van der Waals surface area contributed by atoms with Crippen molar-refractivity contribution >= 4 is 11.9 Å². The monoisotopic (exact) mass is 780 g/mol. The van der Waals surface area contributed by atoms with Crippen molar-refractivity contribution in [3.8, 4) is 0 Å². The van der Waals surface area contributed by atoms with Crippen LogP contribution in [0.2, 0.25) is 0 Å². The van der Waals surface area contributed by atoms with Gasteiger partial charge in [0.2, 0.25) is 0 Å². The lowest BCUT2D eigenvalue weighted by atomic mass is 9.94. The molecule has 0 aliphatic rings. The molecule has 6 heteroatoms. The van der Waals surface area contributed by atoms with Crippen LogP contribution in [0.1, 0.15) is 252 Å². The van der Waals surface area contributed by atoms with Crippen LogP contribution in [0.15, 0.2) is 0 Å². The molecule has 1 N–H and O–H groups in total. The molecule has 0 amide bonds. The van der Waals surface area contributed by atoms with Crippen LogP contribution in [0.5, 0.6) is 0 Å². The standard InChI is InChI=1S/C49H97NO5/c1-5-9-13-17-19-29-39-47(37-27-16-12-8-4)49(53)55-45-35-25-22-32-42-50(40-30-20-23-33-43-51)41-31-21-24-34-44-54-48(52)46(36-26-15-11-7-3)38-28-18-14-10-6-2/h46-47,51H,5-45H2,1-4H3. The third-order valence-corrected chi connectivity index (χ3v) is 11.6. The molecule has 0 fully saturated rings. The first-order chi connectivity index (χ1) is 27.0. The van der Waals surface area contributed by atoms with Gasteiger partial charge in [0.25, 0.3) is 0 Å². The third kappa shape index (κ3) is 36.9. The van der Waals surface area contributed by atoms with Gasteiger partial charge >= 0.3 is 11.9 Å². The van der Waals surface area contributed by atoms with E-state index in [9.17, 15) is 9.59 Å². The summed E-state index contributed by atoms with van der Waals surface area (Å²) in [6, 6.07) is 0. The summed E-state index contributed by atoms with van der Waals surface area (Å²) in [5.41, 5.74) is 0. The second-order valence-corrected chi connectivity index (χ2v) is 17.0. The molecule has 0 aromatic carbocycles. The van der Waals surface area contributed by atoms with Crippen molar-refractivity contribution < 1.29 is 24.2 Å². The molecule has 0 saturated carbocycles. The van der Waals surface area contributed by atoms with Crippen LogP contribution in [0.4, 0.5) is 0 Å². The zero-order valence-corrected chi connectivity index (χ0v) is 37.7. The molecule has 0 bridgehead atoms. The van der Waals surface area contributed by atoms with Crippen molar-refractivity contribution in [3.63, 3.8) is 0 Å². The van der Waals surface area contributed by atoms with Crippen LogP contribution in [-0.2, 0) is 19.1 Å². The Hall–Kier alpha value is -1.14. The van der Waals surface area contributed by atoms with Gasteiger partial charge in [0, 0.05) is 6.61 Å². The largest absolute Gasteiger partial charge is 0.465 e. The summed E-state index contributed by atoms with van der Waals surface area (Å²) in [6.45, 7) is 13.8. The second-order valence-electron chi connectivity index (χ2n) is 17.0. The zero-order chi connectivity index (χ0) is 40.3. The molecule has 6 nitrogen and oxygen atoms in total. The molecule has 2 atom stereocenters. The van der Waals surface area contributed by atoms with E-state index in [1.165, 1.54) is 135 Å². The summed E-state index contributed by atoms with van der Waals surface area (Å²) in [6.07, 6.45) is 40.9. The second kappa shape index (κ2) is 44.0. The van der Waals surface area contributed by atoms with Crippen molar-refractivity contribution in [1.82, 2.24) is 4.90 Å². The van der Waals surface area contributed by atoms with Gasteiger partial charge in [-0.15, -0.1) is 0 Å². The highest BCUT2D eigenvalue weighted by atomic mass is 16.5. The first-order valence-corrected chi connectivity index (χ1v) is 24.7. The maximum absolute atomic E-state index is 13.0. The fourth-order valence-corrected chi connectivity index (χ4v) is 7.86. The van der Waals surface area contributed by atoms with Gasteiger partial charge in [-0.05, 0) is 83.8 Å². The van der Waals surface area contributed by atoms with Crippen molar-refractivity contribution in [2.24, 2.45) is 11.8 Å². The van der Waals surface area contributed by atoms with E-state index in [1.807, 2.05) is 0 Å². The van der Waals surface area contributed by atoms with Gasteiger partial charge in [-0.25, -0.2) is 0 Å². The number of carbonyl (C=O) groups is 2. The van der Waals surface area contributed by atoms with Gasteiger partial charge in [-0.2, -0.15) is 0 Å². The van der Waals surface area contributed by atoms with E-state index in [2.05, 4.69) is 32.6 Å². The number of ether oxygens (including phenoxy) is 2. The number of hydrogen-bond donors (Lipinski definition) is 1. The lowest BCUT2D eigenvalue weighted by Gasteiger charge is -2.22.